The van der Waals surface area contributed by atoms with Crippen molar-refractivity contribution in [1.29, 1.82) is 0 Å². The molecule has 0 aromatic carbocycles. The van der Waals surface area contributed by atoms with Gasteiger partial charge < -0.3 is 5.73 Å². The van der Waals surface area contributed by atoms with Crippen LogP contribution >= 0.6 is 0 Å². The number of hydrogen-bond donors (Lipinski definition) is 1. The summed E-state index contributed by atoms with van der Waals surface area (Å²) in [4.78, 5) is 0. The van der Waals surface area contributed by atoms with Crippen molar-refractivity contribution >= 4 is 5.82 Å². The number of nitrogens with zero attached hydrogens (tertiary/aromatic N) is 3. The third-order valence-corrected chi connectivity index (χ3v) is 1.74. The molecule has 0 aliphatic heterocycles. The molecule has 0 unspecified atom stereocenters. The molecule has 62 valence electrons. The summed E-state index contributed by atoms with van der Waals surface area (Å²) in [5.74, 6) is 0.543. The second kappa shape index (κ2) is 3.37. The van der Waals surface area contributed by atoms with Gasteiger partial charge in [-0.25, -0.2) is 4.68 Å². The van der Waals surface area contributed by atoms with Gasteiger partial charge in [0.25, 0.3) is 0 Å². The van der Waals surface area contributed by atoms with Gasteiger partial charge in [-0.2, -0.15) is 0 Å². The molecule has 4 nitrogen and oxygen atoms in total. The first kappa shape index (κ1) is 8.04. The lowest BCUT2D eigenvalue weighted by Gasteiger charge is -1.99. The standard InChI is InChI=1S/C7H14N4/c1-3-4-5-11-6(2)7(8)9-10-11/h3-5,8H2,1-2H3. The number of nitrogen functional groups attached to an aromatic ring is 1. The molecule has 1 heterocycles. The van der Waals surface area contributed by atoms with E-state index in [0.717, 1.165) is 18.7 Å². The van der Waals surface area contributed by atoms with E-state index in [9.17, 15) is 0 Å². The number of hydrogen-bond acceptors (Lipinski definition) is 3. The summed E-state index contributed by atoms with van der Waals surface area (Å²) in [6.07, 6.45) is 2.29. The molecule has 0 fully saturated rings. The molecule has 1 aromatic rings. The van der Waals surface area contributed by atoms with Crippen LogP contribution in [0.2, 0.25) is 0 Å². The molecular formula is C7H14N4. The largest absolute Gasteiger partial charge is 0.381 e. The molecule has 0 atom stereocenters. The van der Waals surface area contributed by atoms with Gasteiger partial charge in [0.2, 0.25) is 0 Å². The highest BCUT2D eigenvalue weighted by Gasteiger charge is 2.02. The fraction of sp³-hybridized carbons (Fsp3) is 0.714. The van der Waals surface area contributed by atoms with Crippen LogP contribution in [-0.4, -0.2) is 15.0 Å². The molecule has 0 radical (unpaired) electrons. The first-order valence-corrected chi connectivity index (χ1v) is 3.91. The van der Waals surface area contributed by atoms with Gasteiger partial charge in [0.15, 0.2) is 5.82 Å². The van der Waals surface area contributed by atoms with Crippen molar-refractivity contribution in [3.05, 3.63) is 5.69 Å². The van der Waals surface area contributed by atoms with E-state index >= 15 is 0 Å². The maximum absolute atomic E-state index is 5.52. The number of anilines is 1. The number of aryl methyl sites for hydroxylation is 1. The summed E-state index contributed by atoms with van der Waals surface area (Å²) in [5.41, 5.74) is 6.49. The zero-order valence-corrected chi connectivity index (χ0v) is 7.04. The van der Waals surface area contributed by atoms with Gasteiger partial charge in [0.1, 0.15) is 0 Å². The topological polar surface area (TPSA) is 56.7 Å². The van der Waals surface area contributed by atoms with Gasteiger partial charge in [0.05, 0.1) is 5.69 Å². The van der Waals surface area contributed by atoms with Crippen LogP contribution in [0.15, 0.2) is 0 Å². The molecule has 1 aromatic heterocycles. The Morgan fingerprint density at radius 2 is 2.27 bits per heavy atom. The van der Waals surface area contributed by atoms with Crippen molar-refractivity contribution in [2.75, 3.05) is 5.73 Å². The van der Waals surface area contributed by atoms with E-state index in [1.54, 1.807) is 0 Å². The second-order valence-electron chi connectivity index (χ2n) is 2.64. The first-order chi connectivity index (χ1) is 5.25. The quantitative estimate of drug-likeness (QED) is 0.705. The Bertz CT molecular complexity index is 228. The van der Waals surface area contributed by atoms with Crippen LogP contribution in [0.4, 0.5) is 5.82 Å². The second-order valence-corrected chi connectivity index (χ2v) is 2.64. The van der Waals surface area contributed by atoms with E-state index in [1.165, 1.54) is 6.42 Å². The number of aromatic nitrogens is 3. The summed E-state index contributed by atoms with van der Waals surface area (Å²) in [7, 11) is 0. The molecule has 2 N–H and O–H groups in total. The van der Waals surface area contributed by atoms with Crippen molar-refractivity contribution in [3.63, 3.8) is 0 Å². The third kappa shape index (κ3) is 1.69. The van der Waals surface area contributed by atoms with Crippen LogP contribution in [0.3, 0.4) is 0 Å². The van der Waals surface area contributed by atoms with Gasteiger partial charge in [-0.1, -0.05) is 18.6 Å². The summed E-state index contributed by atoms with van der Waals surface area (Å²) < 4.78 is 1.85. The van der Waals surface area contributed by atoms with E-state index in [0.29, 0.717) is 5.82 Å². The Morgan fingerprint density at radius 3 is 2.73 bits per heavy atom. The molecular weight excluding hydrogens is 140 g/mol. The van der Waals surface area contributed by atoms with E-state index in [2.05, 4.69) is 17.2 Å². The lowest BCUT2D eigenvalue weighted by Crippen LogP contribution is -2.02. The lowest BCUT2D eigenvalue weighted by atomic mass is 10.3. The Labute approximate surface area is 66.4 Å². The fourth-order valence-electron chi connectivity index (χ4n) is 0.894. The molecule has 0 saturated heterocycles. The number of rotatable bonds is 3. The molecule has 0 bridgehead atoms. The van der Waals surface area contributed by atoms with Crippen LogP contribution < -0.4 is 5.73 Å². The monoisotopic (exact) mass is 154 g/mol. The van der Waals surface area contributed by atoms with E-state index in [-0.39, 0.29) is 0 Å². The van der Waals surface area contributed by atoms with Crippen molar-refractivity contribution in [2.45, 2.75) is 33.2 Å². The van der Waals surface area contributed by atoms with Gasteiger partial charge in [-0.3, -0.25) is 0 Å². The molecule has 0 saturated carbocycles. The van der Waals surface area contributed by atoms with Crippen molar-refractivity contribution < 1.29 is 0 Å². The van der Waals surface area contributed by atoms with Crippen LogP contribution in [-0.2, 0) is 6.54 Å². The van der Waals surface area contributed by atoms with Crippen molar-refractivity contribution in [2.24, 2.45) is 0 Å². The molecule has 4 heteroatoms. The fourth-order valence-corrected chi connectivity index (χ4v) is 0.894. The highest BCUT2D eigenvalue weighted by molar-refractivity contribution is 5.30. The number of nitrogens with two attached hydrogens (primary N) is 1. The lowest BCUT2D eigenvalue weighted by molar-refractivity contribution is 0.542. The van der Waals surface area contributed by atoms with Gasteiger partial charge in [0, 0.05) is 6.54 Å². The Morgan fingerprint density at radius 1 is 1.55 bits per heavy atom. The Balaban J connectivity index is 2.63. The van der Waals surface area contributed by atoms with E-state index in [4.69, 9.17) is 5.73 Å². The molecule has 0 amide bonds. The predicted octanol–water partition coefficient (Wildman–Crippen LogP) is 0.969. The molecule has 0 aliphatic carbocycles. The van der Waals surface area contributed by atoms with Gasteiger partial charge >= 0.3 is 0 Å². The van der Waals surface area contributed by atoms with Gasteiger partial charge in [-0.15, -0.1) is 5.10 Å². The Kier molecular flexibility index (Phi) is 2.46. The third-order valence-electron chi connectivity index (χ3n) is 1.74. The molecule has 0 aliphatic rings. The smallest absolute Gasteiger partial charge is 0.168 e. The highest BCUT2D eigenvalue weighted by atomic mass is 15.4. The Hall–Kier alpha value is -1.06. The molecule has 1 rings (SSSR count). The van der Waals surface area contributed by atoms with Crippen LogP contribution in [0.5, 0.6) is 0 Å². The van der Waals surface area contributed by atoms with Crippen LogP contribution in [0.25, 0.3) is 0 Å². The average molecular weight is 154 g/mol. The predicted molar refractivity (Wildman–Crippen MR) is 44.1 cm³/mol. The zero-order valence-electron chi connectivity index (χ0n) is 7.04. The molecule has 11 heavy (non-hydrogen) atoms. The van der Waals surface area contributed by atoms with E-state index in [1.807, 2.05) is 11.6 Å². The van der Waals surface area contributed by atoms with Crippen LogP contribution in [0, 0.1) is 6.92 Å². The van der Waals surface area contributed by atoms with Crippen molar-refractivity contribution in [1.82, 2.24) is 15.0 Å². The normalized spacial score (nSPS) is 10.4. The minimum atomic E-state index is 0.543. The SMILES string of the molecule is CCCCn1nnc(N)c1C. The molecule has 0 spiro atoms. The summed E-state index contributed by atoms with van der Waals surface area (Å²) >= 11 is 0. The summed E-state index contributed by atoms with van der Waals surface area (Å²) in [5, 5.41) is 7.65. The maximum atomic E-state index is 5.52. The van der Waals surface area contributed by atoms with Gasteiger partial charge in [-0.05, 0) is 13.3 Å². The highest BCUT2D eigenvalue weighted by Crippen LogP contribution is 2.05. The average Bonchev–Trinajstić information content (AvgIpc) is 2.31. The van der Waals surface area contributed by atoms with E-state index < -0.39 is 0 Å². The maximum Gasteiger partial charge on any atom is 0.168 e. The first-order valence-electron chi connectivity index (χ1n) is 3.91. The van der Waals surface area contributed by atoms with Crippen LogP contribution in [0.1, 0.15) is 25.5 Å². The van der Waals surface area contributed by atoms with Crippen molar-refractivity contribution in [3.8, 4) is 0 Å². The minimum absolute atomic E-state index is 0.543. The summed E-state index contributed by atoms with van der Waals surface area (Å²) in [6, 6.07) is 0. The number of unbranched alkanes of at least 4 members (excludes halogenated alkanes) is 1. The zero-order chi connectivity index (χ0) is 8.27. The minimum Gasteiger partial charge on any atom is -0.381 e. The summed E-state index contributed by atoms with van der Waals surface area (Å²) in [6.45, 7) is 5.01.